The predicted molar refractivity (Wildman–Crippen MR) is 102 cm³/mol. The van der Waals surface area contributed by atoms with Crippen LogP contribution in [0.1, 0.15) is 28.5 Å². The molecule has 3 aromatic rings. The largest absolute Gasteiger partial charge is 0.454 e. The van der Waals surface area contributed by atoms with Gasteiger partial charge >= 0.3 is 0 Å². The Balaban J connectivity index is 1.52. The molecule has 1 aromatic heterocycles. The number of nitrogens with zero attached hydrogens (tertiary/aromatic N) is 2. The van der Waals surface area contributed by atoms with Crippen LogP contribution in [0, 0.1) is 0 Å². The number of nitrogens with one attached hydrogen (secondary N) is 1. The highest BCUT2D eigenvalue weighted by Crippen LogP contribution is 2.37. The van der Waals surface area contributed by atoms with E-state index in [4.69, 9.17) is 15.2 Å². The second-order valence-corrected chi connectivity index (χ2v) is 7.18. The fraction of sp³-hybridized carbons (Fsp3) is 0.211. The average Bonchev–Trinajstić information content (AvgIpc) is 3.33. The number of fused-ring (bicyclic) bond motifs is 1. The van der Waals surface area contributed by atoms with E-state index in [9.17, 15) is 4.79 Å². The molecule has 138 valence electrons. The minimum atomic E-state index is -0.0970. The highest BCUT2D eigenvalue weighted by Gasteiger charge is 2.22. The van der Waals surface area contributed by atoms with Crippen molar-refractivity contribution >= 4 is 22.4 Å². The van der Waals surface area contributed by atoms with E-state index in [0.717, 1.165) is 16.9 Å². The summed E-state index contributed by atoms with van der Waals surface area (Å²) in [4.78, 5) is 12.6. The minimum Gasteiger partial charge on any atom is -0.454 e. The maximum Gasteiger partial charge on any atom is 0.231 e. The highest BCUT2D eigenvalue weighted by molar-refractivity contribution is 7.15. The number of benzene rings is 2. The van der Waals surface area contributed by atoms with Crippen LogP contribution in [-0.2, 0) is 11.3 Å². The summed E-state index contributed by atoms with van der Waals surface area (Å²) in [5.41, 5.74) is 7.63. The molecule has 4 rings (SSSR count). The SMILES string of the molecule is Nc1nnc(CNC(=O)C[C@H](c2ccccc2)c2ccc3c(c2)OCO3)s1. The first-order chi connectivity index (χ1) is 13.2. The molecule has 0 bridgehead atoms. The van der Waals surface area contributed by atoms with Gasteiger partial charge in [0.05, 0.1) is 6.54 Å². The van der Waals surface area contributed by atoms with Crippen molar-refractivity contribution in [2.75, 3.05) is 12.5 Å². The number of rotatable bonds is 6. The first-order valence-corrected chi connectivity index (χ1v) is 9.30. The maximum atomic E-state index is 12.6. The molecule has 1 aliphatic rings. The number of nitrogens with two attached hydrogens (primary N) is 1. The van der Waals surface area contributed by atoms with Gasteiger partial charge in [0, 0.05) is 12.3 Å². The van der Waals surface area contributed by atoms with Crippen LogP contribution in [0.25, 0.3) is 0 Å². The molecule has 2 heterocycles. The lowest BCUT2D eigenvalue weighted by Crippen LogP contribution is -2.25. The smallest absolute Gasteiger partial charge is 0.231 e. The summed E-state index contributed by atoms with van der Waals surface area (Å²) in [5, 5.41) is 11.6. The van der Waals surface area contributed by atoms with Gasteiger partial charge in [0.2, 0.25) is 17.8 Å². The van der Waals surface area contributed by atoms with Crippen LogP contribution in [0.4, 0.5) is 5.13 Å². The number of ether oxygens (including phenoxy) is 2. The zero-order valence-electron chi connectivity index (χ0n) is 14.4. The second kappa shape index (κ2) is 7.63. The average molecular weight is 382 g/mol. The first kappa shape index (κ1) is 17.3. The molecule has 0 aliphatic carbocycles. The van der Waals surface area contributed by atoms with Crippen LogP contribution in [-0.4, -0.2) is 22.9 Å². The van der Waals surface area contributed by atoms with Crippen molar-refractivity contribution in [3.8, 4) is 11.5 Å². The molecule has 1 aliphatic heterocycles. The van der Waals surface area contributed by atoms with Gasteiger partial charge in [-0.15, -0.1) is 10.2 Å². The van der Waals surface area contributed by atoms with Gasteiger partial charge in [-0.2, -0.15) is 0 Å². The van der Waals surface area contributed by atoms with Gasteiger partial charge < -0.3 is 20.5 Å². The van der Waals surface area contributed by atoms with Gasteiger partial charge in [-0.05, 0) is 23.3 Å². The number of amides is 1. The monoisotopic (exact) mass is 382 g/mol. The molecule has 0 unspecified atom stereocenters. The van der Waals surface area contributed by atoms with Crippen LogP contribution < -0.4 is 20.5 Å². The normalized spacial score (nSPS) is 13.3. The molecule has 1 atom stereocenters. The summed E-state index contributed by atoms with van der Waals surface area (Å²) < 4.78 is 10.9. The number of carbonyl (C=O) groups excluding carboxylic acids is 1. The van der Waals surface area contributed by atoms with E-state index in [1.54, 1.807) is 0 Å². The molecule has 0 saturated heterocycles. The Morgan fingerprint density at radius 1 is 1.11 bits per heavy atom. The van der Waals surface area contributed by atoms with E-state index in [1.165, 1.54) is 11.3 Å². The lowest BCUT2D eigenvalue weighted by molar-refractivity contribution is -0.121. The van der Waals surface area contributed by atoms with E-state index in [-0.39, 0.29) is 18.6 Å². The quantitative estimate of drug-likeness (QED) is 0.680. The van der Waals surface area contributed by atoms with Crippen LogP contribution >= 0.6 is 11.3 Å². The summed E-state index contributed by atoms with van der Waals surface area (Å²) in [6.07, 6.45) is 0.304. The third-order valence-corrected chi connectivity index (χ3v) is 5.06. The lowest BCUT2D eigenvalue weighted by atomic mass is 9.88. The van der Waals surface area contributed by atoms with Crippen molar-refractivity contribution in [2.24, 2.45) is 0 Å². The molecule has 7 nitrogen and oxygen atoms in total. The molecule has 0 spiro atoms. The minimum absolute atomic E-state index is 0.0738. The molecule has 27 heavy (non-hydrogen) atoms. The Bertz CT molecular complexity index is 945. The topological polar surface area (TPSA) is 99.4 Å². The van der Waals surface area contributed by atoms with Crippen molar-refractivity contribution in [3.63, 3.8) is 0 Å². The van der Waals surface area contributed by atoms with Crippen LogP contribution in [0.3, 0.4) is 0 Å². The van der Waals surface area contributed by atoms with Crippen molar-refractivity contribution in [2.45, 2.75) is 18.9 Å². The Kier molecular flexibility index (Phi) is 4.88. The molecule has 0 fully saturated rings. The molecule has 1 amide bonds. The van der Waals surface area contributed by atoms with Crippen LogP contribution in [0.2, 0.25) is 0 Å². The molecule has 0 radical (unpaired) electrons. The van der Waals surface area contributed by atoms with Crippen molar-refractivity contribution in [1.29, 1.82) is 0 Å². The maximum absolute atomic E-state index is 12.6. The third kappa shape index (κ3) is 4.01. The number of carbonyl (C=O) groups is 1. The van der Waals surface area contributed by atoms with Crippen LogP contribution in [0.5, 0.6) is 11.5 Å². The summed E-state index contributed by atoms with van der Waals surface area (Å²) >= 11 is 1.27. The van der Waals surface area contributed by atoms with Gasteiger partial charge in [0.15, 0.2) is 11.5 Å². The molecular weight excluding hydrogens is 364 g/mol. The van der Waals surface area contributed by atoms with Crippen molar-refractivity contribution in [1.82, 2.24) is 15.5 Å². The number of hydrogen-bond acceptors (Lipinski definition) is 7. The number of nitrogen functional groups attached to an aromatic ring is 1. The summed E-state index contributed by atoms with van der Waals surface area (Å²) in [7, 11) is 0. The Labute approximate surface area is 160 Å². The molecular formula is C19H18N4O3S. The van der Waals surface area contributed by atoms with Crippen LogP contribution in [0.15, 0.2) is 48.5 Å². The van der Waals surface area contributed by atoms with Gasteiger partial charge in [0.25, 0.3) is 0 Å². The summed E-state index contributed by atoms with van der Waals surface area (Å²) in [5.74, 6) is 1.26. The summed E-state index contributed by atoms with van der Waals surface area (Å²) in [6, 6.07) is 15.7. The molecule has 0 saturated carbocycles. The van der Waals surface area contributed by atoms with E-state index in [0.29, 0.717) is 28.9 Å². The van der Waals surface area contributed by atoms with E-state index < -0.39 is 0 Å². The Morgan fingerprint density at radius 2 is 1.93 bits per heavy atom. The highest BCUT2D eigenvalue weighted by atomic mass is 32.1. The van der Waals surface area contributed by atoms with E-state index in [1.807, 2.05) is 48.5 Å². The molecule has 8 heteroatoms. The van der Waals surface area contributed by atoms with Crippen molar-refractivity contribution in [3.05, 3.63) is 64.7 Å². The Hall–Kier alpha value is -3.13. The predicted octanol–water partition coefficient (Wildman–Crippen LogP) is 2.69. The van der Waals surface area contributed by atoms with Gasteiger partial charge in [-0.1, -0.05) is 47.7 Å². The zero-order valence-corrected chi connectivity index (χ0v) is 15.2. The molecule has 3 N–H and O–H groups in total. The third-order valence-electron chi connectivity index (χ3n) is 4.31. The zero-order chi connectivity index (χ0) is 18.6. The standard InChI is InChI=1S/C19H18N4O3S/c20-19-23-22-18(27-19)10-21-17(24)9-14(12-4-2-1-3-5-12)13-6-7-15-16(8-13)26-11-25-15/h1-8,14H,9-11H2,(H2,20,23)(H,21,24)/t14-/m1/s1. The second-order valence-electron chi connectivity index (χ2n) is 6.09. The van der Waals surface area contributed by atoms with Gasteiger partial charge in [-0.3, -0.25) is 4.79 Å². The van der Waals surface area contributed by atoms with E-state index in [2.05, 4.69) is 15.5 Å². The summed E-state index contributed by atoms with van der Waals surface area (Å²) in [6.45, 7) is 0.538. The van der Waals surface area contributed by atoms with Gasteiger partial charge in [0.1, 0.15) is 5.01 Å². The van der Waals surface area contributed by atoms with Crippen molar-refractivity contribution < 1.29 is 14.3 Å². The lowest BCUT2D eigenvalue weighted by Gasteiger charge is -2.18. The van der Waals surface area contributed by atoms with Gasteiger partial charge in [-0.25, -0.2) is 0 Å². The fourth-order valence-electron chi connectivity index (χ4n) is 3.01. The number of anilines is 1. The number of hydrogen-bond donors (Lipinski definition) is 2. The number of aromatic nitrogens is 2. The molecule has 2 aromatic carbocycles. The Morgan fingerprint density at radius 3 is 2.70 bits per heavy atom. The first-order valence-electron chi connectivity index (χ1n) is 8.48. The van der Waals surface area contributed by atoms with E-state index >= 15 is 0 Å². The fourth-order valence-corrected chi connectivity index (χ4v) is 3.56.